The van der Waals surface area contributed by atoms with Gasteiger partial charge in [-0.1, -0.05) is 11.6 Å². The fraction of sp³-hybridized carbons (Fsp3) is 0.222. The van der Waals surface area contributed by atoms with Crippen LogP contribution in [-0.4, -0.2) is 25.3 Å². The topological polar surface area (TPSA) is 83.5 Å². The first-order chi connectivity index (χ1) is 7.74. The third-order valence-corrected chi connectivity index (χ3v) is 2.87. The second kappa shape index (κ2) is 4.66. The number of aromatic carboxylic acids is 1. The Morgan fingerprint density at radius 3 is 2.47 bits per heavy atom. The minimum Gasteiger partial charge on any atom is -0.478 e. The Labute approximate surface area is 96.1 Å². The molecule has 0 fully saturated rings. The van der Waals surface area contributed by atoms with Crippen LogP contribution < -0.4 is 4.72 Å². The molecule has 1 aromatic carbocycles. The lowest BCUT2D eigenvalue weighted by atomic mass is 10.1. The molecule has 0 aromatic heterocycles. The van der Waals surface area contributed by atoms with E-state index in [2.05, 4.69) is 0 Å². The average molecular weight is 265 g/mol. The summed E-state index contributed by atoms with van der Waals surface area (Å²) in [4.78, 5) is 10.8. The van der Waals surface area contributed by atoms with E-state index in [-0.39, 0.29) is 11.3 Å². The number of alkyl halides is 2. The van der Waals surface area contributed by atoms with Gasteiger partial charge in [-0.2, -0.15) is 8.78 Å². The molecule has 0 bridgehead atoms. The van der Waals surface area contributed by atoms with E-state index in [4.69, 9.17) is 5.11 Å². The van der Waals surface area contributed by atoms with Crippen molar-refractivity contribution in [2.75, 3.05) is 4.72 Å². The zero-order valence-corrected chi connectivity index (χ0v) is 9.46. The number of aryl methyl sites for hydroxylation is 1. The molecule has 0 heterocycles. The van der Waals surface area contributed by atoms with Crippen molar-refractivity contribution in [1.82, 2.24) is 0 Å². The smallest absolute Gasteiger partial charge is 0.355 e. The SMILES string of the molecule is Cc1ccc(NS(=O)(=O)C(F)F)c(C(=O)O)c1. The third kappa shape index (κ3) is 3.13. The predicted molar refractivity (Wildman–Crippen MR) is 56.7 cm³/mol. The van der Waals surface area contributed by atoms with Gasteiger partial charge in [0, 0.05) is 0 Å². The summed E-state index contributed by atoms with van der Waals surface area (Å²) in [6.07, 6.45) is 0. The molecule has 0 saturated carbocycles. The zero-order valence-electron chi connectivity index (χ0n) is 8.65. The number of benzene rings is 1. The second-order valence-electron chi connectivity index (χ2n) is 3.26. The minimum atomic E-state index is -4.87. The second-order valence-corrected chi connectivity index (χ2v) is 4.91. The summed E-state index contributed by atoms with van der Waals surface area (Å²) in [7, 11) is -4.87. The molecule has 0 atom stereocenters. The molecule has 1 aromatic rings. The van der Waals surface area contributed by atoms with Crippen LogP contribution in [0.4, 0.5) is 14.5 Å². The lowest BCUT2D eigenvalue weighted by Crippen LogP contribution is -2.22. The maximum Gasteiger partial charge on any atom is 0.355 e. The molecule has 8 heteroatoms. The molecule has 0 amide bonds. The number of anilines is 1. The molecule has 0 saturated heterocycles. The van der Waals surface area contributed by atoms with Crippen molar-refractivity contribution in [3.63, 3.8) is 0 Å². The first-order valence-corrected chi connectivity index (χ1v) is 5.92. The Hall–Kier alpha value is -1.70. The summed E-state index contributed by atoms with van der Waals surface area (Å²) in [6.45, 7) is 1.60. The molecule has 94 valence electrons. The first kappa shape index (κ1) is 13.4. The van der Waals surface area contributed by atoms with Crippen LogP contribution >= 0.6 is 0 Å². The van der Waals surface area contributed by atoms with Gasteiger partial charge in [0.1, 0.15) is 0 Å². The van der Waals surface area contributed by atoms with E-state index in [1.54, 1.807) is 6.92 Å². The Bertz CT molecular complexity index is 542. The highest BCUT2D eigenvalue weighted by Crippen LogP contribution is 2.20. The average Bonchev–Trinajstić information content (AvgIpc) is 2.19. The first-order valence-electron chi connectivity index (χ1n) is 4.38. The fourth-order valence-electron chi connectivity index (χ4n) is 1.12. The monoisotopic (exact) mass is 265 g/mol. The van der Waals surface area contributed by atoms with Crippen molar-refractivity contribution in [2.24, 2.45) is 0 Å². The van der Waals surface area contributed by atoms with Crippen molar-refractivity contribution in [3.05, 3.63) is 29.3 Å². The van der Waals surface area contributed by atoms with E-state index in [0.29, 0.717) is 5.56 Å². The van der Waals surface area contributed by atoms with E-state index in [9.17, 15) is 22.0 Å². The maximum absolute atomic E-state index is 12.1. The number of halogens is 2. The Kier molecular flexibility index (Phi) is 3.66. The molecule has 0 aliphatic heterocycles. The molecule has 0 unspecified atom stereocenters. The van der Waals surface area contributed by atoms with E-state index >= 15 is 0 Å². The number of nitrogens with one attached hydrogen (secondary N) is 1. The molecule has 0 aliphatic rings. The minimum absolute atomic E-state index is 0.380. The van der Waals surface area contributed by atoms with E-state index in [1.165, 1.54) is 16.9 Å². The number of rotatable bonds is 4. The molecule has 1 rings (SSSR count). The lowest BCUT2D eigenvalue weighted by Gasteiger charge is -2.10. The van der Waals surface area contributed by atoms with Crippen molar-refractivity contribution in [1.29, 1.82) is 0 Å². The number of carbonyl (C=O) groups is 1. The normalized spacial score (nSPS) is 11.5. The van der Waals surface area contributed by atoms with Crippen molar-refractivity contribution < 1.29 is 27.1 Å². The van der Waals surface area contributed by atoms with E-state index in [1.807, 2.05) is 0 Å². The number of carboxylic acids is 1. The van der Waals surface area contributed by atoms with Gasteiger partial charge in [-0.25, -0.2) is 13.2 Å². The van der Waals surface area contributed by atoms with Crippen LogP contribution in [0.5, 0.6) is 0 Å². The predicted octanol–water partition coefficient (Wildman–Crippen LogP) is 1.66. The summed E-state index contributed by atoms with van der Waals surface area (Å²) in [5.74, 6) is -5.02. The zero-order chi connectivity index (χ0) is 13.2. The number of hydrogen-bond donors (Lipinski definition) is 2. The highest BCUT2D eigenvalue weighted by atomic mass is 32.2. The molecule has 2 N–H and O–H groups in total. The van der Waals surface area contributed by atoms with E-state index < -0.39 is 21.8 Å². The molecular formula is C9H9F2NO4S. The number of sulfonamides is 1. The molecule has 5 nitrogen and oxygen atoms in total. The summed E-state index contributed by atoms with van der Waals surface area (Å²) >= 11 is 0. The summed E-state index contributed by atoms with van der Waals surface area (Å²) < 4.78 is 47.6. The van der Waals surface area contributed by atoms with Crippen LogP contribution in [0, 0.1) is 6.92 Å². The molecule has 17 heavy (non-hydrogen) atoms. The lowest BCUT2D eigenvalue weighted by molar-refractivity contribution is 0.0698. The third-order valence-electron chi connectivity index (χ3n) is 1.89. The van der Waals surface area contributed by atoms with Crippen LogP contribution in [-0.2, 0) is 10.0 Å². The van der Waals surface area contributed by atoms with Crippen LogP contribution in [0.1, 0.15) is 15.9 Å². The summed E-state index contributed by atoms with van der Waals surface area (Å²) in [6, 6.07) is 3.72. The highest BCUT2D eigenvalue weighted by molar-refractivity contribution is 7.93. The van der Waals surface area contributed by atoms with Gasteiger partial charge in [0.15, 0.2) is 0 Å². The van der Waals surface area contributed by atoms with Crippen LogP contribution in [0.25, 0.3) is 0 Å². The van der Waals surface area contributed by atoms with Gasteiger partial charge in [0.25, 0.3) is 10.0 Å². The van der Waals surface area contributed by atoms with Crippen molar-refractivity contribution >= 4 is 21.7 Å². The standard InChI is InChI=1S/C9H9F2NO4S/c1-5-2-3-7(6(4-5)8(13)14)12-17(15,16)9(10)11/h2-4,9,12H,1H3,(H,13,14). The Morgan fingerprint density at radius 2 is 2.00 bits per heavy atom. The highest BCUT2D eigenvalue weighted by Gasteiger charge is 2.25. The van der Waals surface area contributed by atoms with Gasteiger partial charge < -0.3 is 5.11 Å². The quantitative estimate of drug-likeness (QED) is 0.867. The molecule has 0 spiro atoms. The van der Waals surface area contributed by atoms with Crippen molar-refractivity contribution in [2.45, 2.75) is 12.7 Å². The molecule has 0 radical (unpaired) electrons. The van der Waals surface area contributed by atoms with Gasteiger partial charge in [-0.15, -0.1) is 0 Å². The number of carboxylic acid groups (broad SMARTS) is 1. The van der Waals surface area contributed by atoms with Gasteiger partial charge in [0.2, 0.25) is 0 Å². The molecular weight excluding hydrogens is 256 g/mol. The molecule has 0 aliphatic carbocycles. The van der Waals surface area contributed by atoms with Crippen LogP contribution in [0.3, 0.4) is 0 Å². The van der Waals surface area contributed by atoms with E-state index in [0.717, 1.165) is 6.07 Å². The van der Waals surface area contributed by atoms with Crippen molar-refractivity contribution in [3.8, 4) is 0 Å². The van der Waals surface area contributed by atoms with Gasteiger partial charge in [-0.3, -0.25) is 4.72 Å². The van der Waals surface area contributed by atoms with Gasteiger partial charge in [0.05, 0.1) is 11.3 Å². The van der Waals surface area contributed by atoms with Crippen LogP contribution in [0.15, 0.2) is 18.2 Å². The van der Waals surface area contributed by atoms with Gasteiger partial charge >= 0.3 is 11.7 Å². The summed E-state index contributed by atoms with van der Waals surface area (Å²) in [5, 5.41) is 8.80. The fourth-order valence-corrected chi connectivity index (χ4v) is 1.70. The van der Waals surface area contributed by atoms with Crippen LogP contribution in [0.2, 0.25) is 0 Å². The summed E-state index contributed by atoms with van der Waals surface area (Å²) in [5.41, 5.74) is -0.194. The largest absolute Gasteiger partial charge is 0.478 e. The Morgan fingerprint density at radius 1 is 1.41 bits per heavy atom. The number of hydrogen-bond acceptors (Lipinski definition) is 3. The maximum atomic E-state index is 12.1. The Balaban J connectivity index is 3.20. The van der Waals surface area contributed by atoms with Gasteiger partial charge in [-0.05, 0) is 19.1 Å².